The van der Waals surface area contributed by atoms with Crippen LogP contribution in [0.2, 0.25) is 0 Å². The summed E-state index contributed by atoms with van der Waals surface area (Å²) in [7, 11) is 3.10. The van der Waals surface area contributed by atoms with Gasteiger partial charge in [0, 0.05) is 37.0 Å². The third-order valence-corrected chi connectivity index (χ3v) is 5.77. The van der Waals surface area contributed by atoms with Crippen LogP contribution in [0.1, 0.15) is 17.0 Å². The van der Waals surface area contributed by atoms with Crippen LogP contribution in [-0.2, 0) is 6.54 Å². The molecule has 0 aliphatic carbocycles. The third-order valence-electron chi connectivity index (χ3n) is 5.77. The van der Waals surface area contributed by atoms with Crippen LogP contribution in [0.5, 0.6) is 17.2 Å². The number of aliphatic hydroxyl groups is 1. The molecule has 0 unspecified atom stereocenters. The minimum absolute atomic E-state index is 0.0619. The number of fused-ring (bicyclic) bond motifs is 3. The number of hydrogen-bond acceptors (Lipinski definition) is 5. The first-order chi connectivity index (χ1) is 13.1. The van der Waals surface area contributed by atoms with Crippen molar-refractivity contribution in [2.75, 3.05) is 40.5 Å². The summed E-state index contributed by atoms with van der Waals surface area (Å²) in [6, 6.07) is 10.8. The lowest BCUT2D eigenvalue weighted by Crippen LogP contribution is -2.42. The molecule has 2 aromatic rings. The maximum Gasteiger partial charge on any atom is 0.165 e. The molecule has 4 rings (SSSR count). The van der Waals surface area contributed by atoms with Crippen LogP contribution in [0, 0.1) is 11.2 Å². The quantitative estimate of drug-likeness (QED) is 0.874. The van der Waals surface area contributed by atoms with Gasteiger partial charge in [0.1, 0.15) is 11.5 Å². The van der Waals surface area contributed by atoms with Crippen LogP contribution in [0.15, 0.2) is 36.4 Å². The summed E-state index contributed by atoms with van der Waals surface area (Å²) in [4.78, 5) is 2.29. The van der Waals surface area contributed by atoms with Gasteiger partial charge in [0.25, 0.3) is 0 Å². The largest absolute Gasteiger partial charge is 0.497 e. The van der Waals surface area contributed by atoms with E-state index in [1.165, 1.54) is 13.2 Å². The Hall–Kier alpha value is -2.31. The number of methoxy groups -OCH3 is 2. The van der Waals surface area contributed by atoms with Crippen molar-refractivity contribution in [3.8, 4) is 17.2 Å². The molecule has 1 N–H and O–H groups in total. The van der Waals surface area contributed by atoms with E-state index in [1.807, 2.05) is 18.2 Å². The molecule has 0 radical (unpaired) electrons. The Morgan fingerprint density at radius 1 is 1.22 bits per heavy atom. The van der Waals surface area contributed by atoms with Crippen LogP contribution in [-0.4, -0.2) is 50.5 Å². The van der Waals surface area contributed by atoms with Gasteiger partial charge in [-0.1, -0.05) is 12.1 Å². The van der Waals surface area contributed by atoms with Crippen LogP contribution in [0.25, 0.3) is 0 Å². The second kappa shape index (κ2) is 7.02. The summed E-state index contributed by atoms with van der Waals surface area (Å²) in [5, 5.41) is 10.2. The topological polar surface area (TPSA) is 51.2 Å². The molecule has 1 saturated heterocycles. The highest BCUT2D eigenvalue weighted by Crippen LogP contribution is 2.50. The van der Waals surface area contributed by atoms with E-state index in [0.29, 0.717) is 13.2 Å². The van der Waals surface area contributed by atoms with E-state index in [2.05, 4.69) is 4.90 Å². The fourth-order valence-electron chi connectivity index (χ4n) is 4.31. The molecular formula is C21H24FNO4. The predicted molar refractivity (Wildman–Crippen MR) is 99.0 cm³/mol. The summed E-state index contributed by atoms with van der Waals surface area (Å²) in [6.07, 6.45) is 0. The summed E-state index contributed by atoms with van der Waals surface area (Å²) >= 11 is 0. The molecule has 2 aliphatic rings. The van der Waals surface area contributed by atoms with Crippen molar-refractivity contribution in [2.24, 2.45) is 5.41 Å². The van der Waals surface area contributed by atoms with Crippen LogP contribution in [0.3, 0.4) is 0 Å². The Kier molecular flexibility index (Phi) is 4.70. The Balaban J connectivity index is 1.59. The van der Waals surface area contributed by atoms with Crippen molar-refractivity contribution in [1.82, 2.24) is 4.90 Å². The number of aliphatic hydroxyl groups excluding tert-OH is 1. The van der Waals surface area contributed by atoms with Crippen molar-refractivity contribution in [3.63, 3.8) is 0 Å². The zero-order valence-electron chi connectivity index (χ0n) is 15.6. The lowest BCUT2D eigenvalue weighted by Gasteiger charge is -2.38. The van der Waals surface area contributed by atoms with Crippen molar-refractivity contribution >= 4 is 0 Å². The molecule has 2 aliphatic heterocycles. The van der Waals surface area contributed by atoms with Gasteiger partial charge in [-0.3, -0.25) is 4.90 Å². The van der Waals surface area contributed by atoms with Crippen LogP contribution < -0.4 is 14.2 Å². The first-order valence-electron chi connectivity index (χ1n) is 9.05. The number of hydrogen-bond donors (Lipinski definition) is 1. The lowest BCUT2D eigenvalue weighted by atomic mass is 9.74. The van der Waals surface area contributed by atoms with Gasteiger partial charge in [0.2, 0.25) is 0 Å². The van der Waals surface area contributed by atoms with E-state index in [9.17, 15) is 9.50 Å². The average Bonchev–Trinajstić information content (AvgIpc) is 3.08. The molecule has 2 atom stereocenters. The number of ether oxygens (including phenoxy) is 3. The molecule has 0 spiro atoms. The molecule has 2 aromatic carbocycles. The molecule has 0 amide bonds. The number of rotatable bonds is 5. The van der Waals surface area contributed by atoms with E-state index in [4.69, 9.17) is 14.2 Å². The zero-order valence-corrected chi connectivity index (χ0v) is 15.6. The normalized spacial score (nSPS) is 24.1. The second-order valence-electron chi connectivity index (χ2n) is 7.40. The maximum absolute atomic E-state index is 13.7. The van der Waals surface area contributed by atoms with Gasteiger partial charge in [0.05, 0.1) is 27.4 Å². The minimum Gasteiger partial charge on any atom is -0.497 e. The second-order valence-corrected chi connectivity index (χ2v) is 7.40. The van der Waals surface area contributed by atoms with Crippen LogP contribution >= 0.6 is 0 Å². The van der Waals surface area contributed by atoms with Gasteiger partial charge >= 0.3 is 0 Å². The molecule has 144 valence electrons. The van der Waals surface area contributed by atoms with Gasteiger partial charge in [0.15, 0.2) is 11.6 Å². The standard InChI is InChI=1S/C21H24FNO4/c1-25-15-4-5-16-17-10-23(9-14-3-6-18(22)20(7-14)26-2)11-21(17,12-24)13-27-19(16)8-15/h3-8,17,24H,9-13H2,1-2H3/t17-,21-/m0/s1. The molecule has 5 nitrogen and oxygen atoms in total. The summed E-state index contributed by atoms with van der Waals surface area (Å²) in [5.41, 5.74) is 1.76. The van der Waals surface area contributed by atoms with Gasteiger partial charge < -0.3 is 19.3 Å². The number of likely N-dealkylation sites (tertiary alicyclic amines) is 1. The predicted octanol–water partition coefficient (Wildman–Crippen LogP) is 2.81. The van der Waals surface area contributed by atoms with E-state index in [-0.39, 0.29) is 29.5 Å². The maximum atomic E-state index is 13.7. The Morgan fingerprint density at radius 2 is 2.07 bits per heavy atom. The zero-order chi connectivity index (χ0) is 19.0. The fourth-order valence-corrected chi connectivity index (χ4v) is 4.31. The monoisotopic (exact) mass is 373 g/mol. The first kappa shape index (κ1) is 18.1. The Labute approximate surface area is 158 Å². The van der Waals surface area contributed by atoms with Gasteiger partial charge in [-0.25, -0.2) is 4.39 Å². The third kappa shape index (κ3) is 3.13. The van der Waals surface area contributed by atoms with E-state index < -0.39 is 0 Å². The van der Waals surface area contributed by atoms with Crippen molar-refractivity contribution in [3.05, 3.63) is 53.3 Å². The van der Waals surface area contributed by atoms with Crippen molar-refractivity contribution in [2.45, 2.75) is 12.5 Å². The lowest BCUT2D eigenvalue weighted by molar-refractivity contribution is 0.0456. The van der Waals surface area contributed by atoms with E-state index >= 15 is 0 Å². The summed E-state index contributed by atoms with van der Waals surface area (Å²) < 4.78 is 30.0. The van der Waals surface area contributed by atoms with Gasteiger partial charge in [-0.2, -0.15) is 0 Å². The SMILES string of the molecule is COc1ccc2c(c1)OC[C@@]1(CO)CN(Cc3ccc(F)c(OC)c3)C[C@@H]21. The number of halogens is 1. The van der Waals surface area contributed by atoms with E-state index in [0.717, 1.165) is 35.7 Å². The highest BCUT2D eigenvalue weighted by molar-refractivity contribution is 5.46. The molecule has 0 saturated carbocycles. The Bertz CT molecular complexity index is 843. The smallest absolute Gasteiger partial charge is 0.165 e. The highest BCUT2D eigenvalue weighted by Gasteiger charge is 2.50. The summed E-state index contributed by atoms with van der Waals surface area (Å²) in [5.74, 6) is 1.66. The van der Waals surface area contributed by atoms with Crippen molar-refractivity contribution < 1.29 is 23.7 Å². The average molecular weight is 373 g/mol. The minimum atomic E-state index is -0.362. The van der Waals surface area contributed by atoms with Gasteiger partial charge in [-0.05, 0) is 29.3 Å². The Morgan fingerprint density at radius 3 is 2.81 bits per heavy atom. The molecule has 1 fully saturated rings. The highest BCUT2D eigenvalue weighted by atomic mass is 19.1. The molecule has 2 heterocycles. The number of benzene rings is 2. The fraction of sp³-hybridized carbons (Fsp3) is 0.429. The first-order valence-corrected chi connectivity index (χ1v) is 9.05. The van der Waals surface area contributed by atoms with Gasteiger partial charge in [-0.15, -0.1) is 0 Å². The molecular weight excluding hydrogens is 349 g/mol. The molecule has 0 bridgehead atoms. The molecule has 27 heavy (non-hydrogen) atoms. The van der Waals surface area contributed by atoms with Crippen LogP contribution in [0.4, 0.5) is 4.39 Å². The number of nitrogens with zero attached hydrogens (tertiary/aromatic N) is 1. The molecule has 0 aromatic heterocycles. The van der Waals surface area contributed by atoms with Crippen molar-refractivity contribution in [1.29, 1.82) is 0 Å². The van der Waals surface area contributed by atoms with E-state index in [1.54, 1.807) is 19.2 Å². The molecule has 6 heteroatoms. The summed E-state index contributed by atoms with van der Waals surface area (Å²) in [6.45, 7) is 2.73.